The molecule has 5 heteroatoms. The molecule has 1 atom stereocenters. The van der Waals surface area contributed by atoms with Crippen LogP contribution in [0.25, 0.3) is 0 Å². The summed E-state index contributed by atoms with van der Waals surface area (Å²) in [5.41, 5.74) is -1.02. The van der Waals surface area contributed by atoms with Crippen molar-refractivity contribution in [2.75, 3.05) is 19.6 Å². The summed E-state index contributed by atoms with van der Waals surface area (Å²) in [7, 11) is 0. The molecular weight excluding hydrogens is 208 g/mol. The lowest BCUT2D eigenvalue weighted by atomic mass is 9.99. The summed E-state index contributed by atoms with van der Waals surface area (Å²) in [4.78, 5) is 24.3. The summed E-state index contributed by atoms with van der Waals surface area (Å²) in [5.74, 6) is -0.992. The Morgan fingerprint density at radius 2 is 1.75 bits per heavy atom. The lowest BCUT2D eigenvalue weighted by molar-refractivity contribution is -0.144. The summed E-state index contributed by atoms with van der Waals surface area (Å²) < 4.78 is 0. The fourth-order valence-electron chi connectivity index (χ4n) is 1.31. The van der Waals surface area contributed by atoms with Gasteiger partial charge in [0.15, 0.2) is 0 Å². The summed E-state index contributed by atoms with van der Waals surface area (Å²) in [6, 6.07) is 0. The van der Waals surface area contributed by atoms with Crippen LogP contribution in [-0.2, 0) is 9.59 Å². The van der Waals surface area contributed by atoms with Crippen LogP contribution in [0.3, 0.4) is 0 Å². The predicted molar refractivity (Wildman–Crippen MR) is 62.3 cm³/mol. The Morgan fingerprint density at radius 1 is 1.25 bits per heavy atom. The molecule has 0 rings (SSSR count). The highest BCUT2D eigenvalue weighted by Crippen LogP contribution is 2.08. The van der Waals surface area contributed by atoms with Crippen molar-refractivity contribution < 1.29 is 14.7 Å². The van der Waals surface area contributed by atoms with Crippen molar-refractivity contribution in [3.8, 4) is 0 Å². The third kappa shape index (κ3) is 3.81. The number of nitrogens with one attached hydrogen (secondary N) is 1. The summed E-state index contributed by atoms with van der Waals surface area (Å²) in [6.45, 7) is 8.53. The summed E-state index contributed by atoms with van der Waals surface area (Å²) in [5, 5.41) is 11.8. The molecule has 0 aliphatic carbocycles. The molecule has 0 saturated heterocycles. The average Bonchev–Trinajstić information content (AvgIpc) is 2.27. The summed E-state index contributed by atoms with van der Waals surface area (Å²) in [6.07, 6.45) is 0.438. The van der Waals surface area contributed by atoms with Gasteiger partial charge in [-0.15, -0.1) is 0 Å². The lowest BCUT2D eigenvalue weighted by Gasteiger charge is -2.26. The Balaban J connectivity index is 4.32. The van der Waals surface area contributed by atoms with E-state index in [0.29, 0.717) is 19.5 Å². The molecule has 0 aromatic carbocycles. The van der Waals surface area contributed by atoms with Crippen LogP contribution in [0.1, 0.15) is 34.1 Å². The lowest BCUT2D eigenvalue weighted by Crippen LogP contribution is -2.52. The fourth-order valence-corrected chi connectivity index (χ4v) is 1.31. The Kier molecular flexibility index (Phi) is 6.03. The maximum absolute atomic E-state index is 11.7. The number of amides is 1. The maximum atomic E-state index is 11.7. The second-order valence-corrected chi connectivity index (χ2v) is 3.91. The molecule has 0 aromatic rings. The predicted octanol–water partition coefficient (Wildman–Crippen LogP) is 0.698. The standard InChI is InChI=1S/C11H22N2O3/c1-5-11(4,10(15)16)12-8-9(14)13(6-2)7-3/h12H,5-8H2,1-4H3,(H,15,16). The highest BCUT2D eigenvalue weighted by Gasteiger charge is 2.31. The number of hydrogen-bond acceptors (Lipinski definition) is 3. The van der Waals surface area contributed by atoms with Crippen molar-refractivity contribution >= 4 is 11.9 Å². The van der Waals surface area contributed by atoms with Crippen molar-refractivity contribution in [2.24, 2.45) is 0 Å². The minimum absolute atomic E-state index is 0.0640. The number of aliphatic carboxylic acids is 1. The van der Waals surface area contributed by atoms with E-state index in [0.717, 1.165) is 0 Å². The first-order valence-electron chi connectivity index (χ1n) is 5.67. The number of carboxylic acids is 1. The molecule has 5 nitrogen and oxygen atoms in total. The van der Waals surface area contributed by atoms with Gasteiger partial charge in [-0.3, -0.25) is 14.9 Å². The van der Waals surface area contributed by atoms with E-state index < -0.39 is 11.5 Å². The minimum atomic E-state index is -1.02. The van der Waals surface area contributed by atoms with Crippen LogP contribution in [0.4, 0.5) is 0 Å². The second-order valence-electron chi connectivity index (χ2n) is 3.91. The van der Waals surface area contributed by atoms with E-state index in [1.807, 2.05) is 13.8 Å². The van der Waals surface area contributed by atoms with Crippen LogP contribution >= 0.6 is 0 Å². The fraction of sp³-hybridized carbons (Fsp3) is 0.818. The minimum Gasteiger partial charge on any atom is -0.480 e. The topological polar surface area (TPSA) is 69.6 Å². The Morgan fingerprint density at radius 3 is 2.06 bits per heavy atom. The van der Waals surface area contributed by atoms with E-state index in [-0.39, 0.29) is 12.5 Å². The number of carboxylic acid groups (broad SMARTS) is 1. The van der Waals surface area contributed by atoms with Gasteiger partial charge in [0.05, 0.1) is 6.54 Å². The van der Waals surface area contributed by atoms with Gasteiger partial charge in [0, 0.05) is 13.1 Å². The van der Waals surface area contributed by atoms with Crippen LogP contribution in [0, 0.1) is 0 Å². The van der Waals surface area contributed by atoms with E-state index >= 15 is 0 Å². The zero-order chi connectivity index (χ0) is 12.8. The van der Waals surface area contributed by atoms with Crippen LogP contribution in [-0.4, -0.2) is 47.1 Å². The molecular formula is C11H22N2O3. The van der Waals surface area contributed by atoms with E-state index in [4.69, 9.17) is 5.11 Å². The molecule has 0 aromatic heterocycles. The molecule has 2 N–H and O–H groups in total. The highest BCUT2D eigenvalue weighted by molar-refractivity contribution is 5.81. The van der Waals surface area contributed by atoms with E-state index in [9.17, 15) is 9.59 Å². The molecule has 0 aliphatic rings. The summed E-state index contributed by atoms with van der Waals surface area (Å²) >= 11 is 0. The van der Waals surface area contributed by atoms with E-state index in [1.54, 1.807) is 18.7 Å². The molecule has 0 aliphatic heterocycles. The molecule has 0 radical (unpaired) electrons. The van der Waals surface area contributed by atoms with Gasteiger partial charge in [-0.25, -0.2) is 0 Å². The first-order chi connectivity index (χ1) is 7.41. The normalized spacial score (nSPS) is 14.2. The van der Waals surface area contributed by atoms with Gasteiger partial charge in [0.1, 0.15) is 5.54 Å². The van der Waals surface area contributed by atoms with Crippen LogP contribution in [0.2, 0.25) is 0 Å². The number of hydrogen-bond donors (Lipinski definition) is 2. The highest BCUT2D eigenvalue weighted by atomic mass is 16.4. The third-order valence-corrected chi connectivity index (χ3v) is 2.93. The van der Waals surface area contributed by atoms with Crippen LogP contribution in [0.15, 0.2) is 0 Å². The van der Waals surface area contributed by atoms with Gasteiger partial charge in [-0.2, -0.15) is 0 Å². The third-order valence-electron chi connectivity index (χ3n) is 2.93. The van der Waals surface area contributed by atoms with Crippen molar-refractivity contribution in [2.45, 2.75) is 39.7 Å². The van der Waals surface area contributed by atoms with Gasteiger partial charge in [0.25, 0.3) is 0 Å². The molecule has 0 bridgehead atoms. The molecule has 94 valence electrons. The number of likely N-dealkylation sites (N-methyl/N-ethyl adjacent to an activating group) is 1. The molecule has 16 heavy (non-hydrogen) atoms. The number of carbonyl (C=O) groups excluding carboxylic acids is 1. The van der Waals surface area contributed by atoms with Crippen LogP contribution in [0.5, 0.6) is 0 Å². The molecule has 1 unspecified atom stereocenters. The van der Waals surface area contributed by atoms with Gasteiger partial charge >= 0.3 is 5.97 Å². The second kappa shape index (κ2) is 6.48. The van der Waals surface area contributed by atoms with E-state index in [1.165, 1.54) is 0 Å². The number of rotatable bonds is 7. The Hall–Kier alpha value is -1.10. The molecule has 0 saturated carbocycles. The average molecular weight is 230 g/mol. The molecule has 1 amide bonds. The number of nitrogens with zero attached hydrogens (tertiary/aromatic N) is 1. The van der Waals surface area contributed by atoms with Crippen molar-refractivity contribution in [3.05, 3.63) is 0 Å². The largest absolute Gasteiger partial charge is 0.480 e. The van der Waals surface area contributed by atoms with Crippen molar-refractivity contribution in [3.63, 3.8) is 0 Å². The number of carbonyl (C=O) groups is 2. The molecule has 0 fully saturated rings. The van der Waals surface area contributed by atoms with Gasteiger partial charge in [-0.05, 0) is 27.2 Å². The maximum Gasteiger partial charge on any atom is 0.323 e. The van der Waals surface area contributed by atoms with E-state index in [2.05, 4.69) is 5.32 Å². The molecule has 0 heterocycles. The Labute approximate surface area is 96.8 Å². The van der Waals surface area contributed by atoms with Gasteiger partial charge in [-0.1, -0.05) is 6.92 Å². The smallest absolute Gasteiger partial charge is 0.323 e. The monoisotopic (exact) mass is 230 g/mol. The quantitative estimate of drug-likeness (QED) is 0.675. The Bertz CT molecular complexity index is 252. The zero-order valence-corrected chi connectivity index (χ0v) is 10.5. The first-order valence-corrected chi connectivity index (χ1v) is 5.67. The van der Waals surface area contributed by atoms with Gasteiger partial charge < -0.3 is 10.0 Å². The van der Waals surface area contributed by atoms with Gasteiger partial charge in [0.2, 0.25) is 5.91 Å². The zero-order valence-electron chi connectivity index (χ0n) is 10.5. The SMILES string of the molecule is CCN(CC)C(=O)CNC(C)(CC)C(=O)O. The first kappa shape index (κ1) is 14.9. The van der Waals surface area contributed by atoms with Crippen LogP contribution < -0.4 is 5.32 Å². The molecule has 0 spiro atoms. The van der Waals surface area contributed by atoms with Crippen molar-refractivity contribution in [1.82, 2.24) is 10.2 Å². The van der Waals surface area contributed by atoms with Crippen molar-refractivity contribution in [1.29, 1.82) is 0 Å².